The Kier molecular flexibility index (Phi) is 5.52. The number of fused-ring (bicyclic) bond motifs is 1. The number of likely N-dealkylation sites (N-methyl/N-ethyl adjacent to an activating group) is 1. The van der Waals surface area contributed by atoms with Crippen molar-refractivity contribution in [3.05, 3.63) is 52.1 Å². The Bertz CT molecular complexity index is 806. The van der Waals surface area contributed by atoms with E-state index in [0.717, 1.165) is 7.05 Å². The normalized spacial score (nSPS) is 12.8. The standard InChI is InChI=1S/C16H14ClF3N2O3/c1-21(15(23)16(18,19)20)9-11(8-17)12-6-2-4-10-5-3-7-13(14(10)12)22(24)25/h2-7,11H,8-9H2,1H3. The van der Waals surface area contributed by atoms with E-state index in [1.165, 1.54) is 12.1 Å². The largest absolute Gasteiger partial charge is 0.471 e. The second kappa shape index (κ2) is 7.26. The first-order valence-electron chi connectivity index (χ1n) is 7.21. The highest BCUT2D eigenvalue weighted by molar-refractivity contribution is 6.18. The summed E-state index contributed by atoms with van der Waals surface area (Å²) in [5, 5.41) is 12.2. The lowest BCUT2D eigenvalue weighted by molar-refractivity contribution is -0.383. The summed E-state index contributed by atoms with van der Waals surface area (Å²) in [6, 6.07) is 9.41. The van der Waals surface area contributed by atoms with Crippen molar-refractivity contribution >= 4 is 34.0 Å². The third kappa shape index (κ3) is 4.01. The van der Waals surface area contributed by atoms with E-state index in [9.17, 15) is 28.1 Å². The summed E-state index contributed by atoms with van der Waals surface area (Å²) in [4.78, 5) is 22.6. The Hall–Kier alpha value is -2.35. The van der Waals surface area contributed by atoms with Gasteiger partial charge in [0.2, 0.25) is 0 Å². The van der Waals surface area contributed by atoms with Crippen molar-refractivity contribution in [3.63, 3.8) is 0 Å². The first kappa shape index (κ1) is 19.0. The van der Waals surface area contributed by atoms with E-state index in [1.54, 1.807) is 24.3 Å². The number of rotatable bonds is 5. The fourth-order valence-corrected chi connectivity index (χ4v) is 2.97. The molecule has 5 nitrogen and oxygen atoms in total. The van der Waals surface area contributed by atoms with Gasteiger partial charge in [0.1, 0.15) is 0 Å². The summed E-state index contributed by atoms with van der Waals surface area (Å²) in [6.07, 6.45) is -4.99. The van der Waals surface area contributed by atoms with Gasteiger partial charge >= 0.3 is 12.1 Å². The van der Waals surface area contributed by atoms with E-state index in [2.05, 4.69) is 0 Å². The van der Waals surface area contributed by atoms with Gasteiger partial charge in [0.15, 0.2) is 0 Å². The van der Waals surface area contributed by atoms with Crippen molar-refractivity contribution in [2.24, 2.45) is 0 Å². The second-order valence-corrected chi connectivity index (χ2v) is 5.82. The molecule has 1 atom stereocenters. The minimum absolute atomic E-state index is 0.0966. The number of benzene rings is 2. The molecule has 134 valence electrons. The number of carbonyl (C=O) groups is 1. The van der Waals surface area contributed by atoms with E-state index < -0.39 is 22.9 Å². The molecular formula is C16H14ClF3N2O3. The fraction of sp³-hybridized carbons (Fsp3) is 0.312. The molecule has 1 amide bonds. The number of hydrogen-bond acceptors (Lipinski definition) is 3. The number of carbonyl (C=O) groups excluding carboxylic acids is 1. The number of nitro benzene ring substituents is 1. The third-order valence-electron chi connectivity index (χ3n) is 3.82. The van der Waals surface area contributed by atoms with Gasteiger partial charge in [-0.05, 0) is 10.9 Å². The number of amides is 1. The van der Waals surface area contributed by atoms with Crippen molar-refractivity contribution in [2.75, 3.05) is 19.5 Å². The Morgan fingerprint density at radius 3 is 2.40 bits per heavy atom. The van der Waals surface area contributed by atoms with Crippen LogP contribution in [0.2, 0.25) is 0 Å². The molecule has 0 aliphatic heterocycles. The zero-order chi connectivity index (χ0) is 18.8. The van der Waals surface area contributed by atoms with Crippen molar-refractivity contribution in [3.8, 4) is 0 Å². The number of alkyl halides is 4. The fourth-order valence-electron chi connectivity index (χ4n) is 2.70. The Morgan fingerprint density at radius 1 is 1.28 bits per heavy atom. The zero-order valence-electron chi connectivity index (χ0n) is 13.1. The summed E-state index contributed by atoms with van der Waals surface area (Å²) in [5.74, 6) is -2.78. The lowest BCUT2D eigenvalue weighted by atomic mass is 9.93. The van der Waals surface area contributed by atoms with Gasteiger partial charge in [0.25, 0.3) is 5.69 Å². The highest BCUT2D eigenvalue weighted by Gasteiger charge is 2.41. The van der Waals surface area contributed by atoms with Crippen LogP contribution < -0.4 is 0 Å². The molecule has 2 aromatic rings. The topological polar surface area (TPSA) is 63.4 Å². The minimum atomic E-state index is -4.99. The lowest BCUT2D eigenvalue weighted by Gasteiger charge is -2.24. The molecule has 0 aliphatic rings. The number of nitro groups is 1. The Labute approximate surface area is 146 Å². The van der Waals surface area contributed by atoms with Crippen molar-refractivity contribution < 1.29 is 22.9 Å². The summed E-state index contributed by atoms with van der Waals surface area (Å²) in [7, 11) is 1.02. The van der Waals surface area contributed by atoms with Crippen LogP contribution in [0, 0.1) is 10.1 Å². The maximum atomic E-state index is 12.6. The average Bonchev–Trinajstić information content (AvgIpc) is 2.56. The van der Waals surface area contributed by atoms with Gasteiger partial charge in [0.05, 0.1) is 10.3 Å². The van der Waals surface area contributed by atoms with E-state index in [1.807, 2.05) is 0 Å². The molecule has 0 aliphatic carbocycles. The summed E-state index contributed by atoms with van der Waals surface area (Å²) >= 11 is 5.91. The molecule has 0 N–H and O–H groups in total. The summed E-state index contributed by atoms with van der Waals surface area (Å²) in [6.45, 7) is -0.312. The first-order valence-corrected chi connectivity index (χ1v) is 7.74. The predicted molar refractivity (Wildman–Crippen MR) is 87.8 cm³/mol. The van der Waals surface area contributed by atoms with Crippen LogP contribution in [-0.2, 0) is 4.79 Å². The van der Waals surface area contributed by atoms with Gasteiger partial charge in [-0.15, -0.1) is 11.6 Å². The molecule has 0 radical (unpaired) electrons. The quantitative estimate of drug-likeness (QED) is 0.450. The van der Waals surface area contributed by atoms with Crippen LogP contribution in [0.1, 0.15) is 11.5 Å². The monoisotopic (exact) mass is 374 g/mol. The number of non-ortho nitro benzene ring substituents is 1. The molecule has 1 unspecified atom stereocenters. The van der Waals surface area contributed by atoms with Gasteiger partial charge < -0.3 is 4.90 Å². The maximum absolute atomic E-state index is 12.6. The molecule has 0 heterocycles. The molecule has 0 saturated carbocycles. The van der Waals surface area contributed by atoms with Crippen LogP contribution in [0.3, 0.4) is 0 Å². The third-order valence-corrected chi connectivity index (χ3v) is 4.19. The summed E-state index contributed by atoms with van der Waals surface area (Å²) < 4.78 is 37.7. The zero-order valence-corrected chi connectivity index (χ0v) is 13.8. The van der Waals surface area contributed by atoms with E-state index in [-0.39, 0.29) is 18.1 Å². The average molecular weight is 375 g/mol. The number of halogens is 4. The lowest BCUT2D eigenvalue weighted by Crippen LogP contribution is -2.40. The number of nitrogens with zero attached hydrogens (tertiary/aromatic N) is 2. The van der Waals surface area contributed by atoms with Crippen molar-refractivity contribution in [1.82, 2.24) is 4.90 Å². The second-order valence-electron chi connectivity index (χ2n) is 5.51. The Balaban J connectivity index is 2.48. The molecular weight excluding hydrogens is 361 g/mol. The highest BCUT2D eigenvalue weighted by atomic mass is 35.5. The molecule has 9 heteroatoms. The van der Waals surface area contributed by atoms with Gasteiger partial charge in [-0.25, -0.2) is 0 Å². The number of hydrogen-bond donors (Lipinski definition) is 0. The van der Waals surface area contributed by atoms with Crippen LogP contribution >= 0.6 is 11.6 Å². The van der Waals surface area contributed by atoms with Gasteiger partial charge in [-0.3, -0.25) is 14.9 Å². The molecule has 0 aromatic heterocycles. The van der Waals surface area contributed by atoms with Crippen LogP contribution in [0.4, 0.5) is 18.9 Å². The van der Waals surface area contributed by atoms with Crippen molar-refractivity contribution in [1.29, 1.82) is 0 Å². The molecule has 0 spiro atoms. The van der Waals surface area contributed by atoms with Crippen molar-refractivity contribution in [2.45, 2.75) is 12.1 Å². The first-order chi connectivity index (χ1) is 11.7. The molecule has 2 aromatic carbocycles. The summed E-state index contributed by atoms with van der Waals surface area (Å²) in [5.41, 5.74) is 0.273. The van der Waals surface area contributed by atoms with E-state index in [4.69, 9.17) is 11.6 Å². The van der Waals surface area contributed by atoms with E-state index >= 15 is 0 Å². The van der Waals surface area contributed by atoms with E-state index in [0.29, 0.717) is 21.2 Å². The smallest absolute Gasteiger partial charge is 0.337 e. The van der Waals surface area contributed by atoms with Crippen LogP contribution in [0.5, 0.6) is 0 Å². The molecule has 0 saturated heterocycles. The predicted octanol–water partition coefficient (Wildman–Crippen LogP) is 4.09. The Morgan fingerprint density at radius 2 is 1.88 bits per heavy atom. The molecule has 2 rings (SSSR count). The van der Waals surface area contributed by atoms with Gasteiger partial charge in [-0.2, -0.15) is 13.2 Å². The SMILES string of the molecule is CN(CC(CCl)c1cccc2cccc([N+](=O)[O-])c12)C(=O)C(F)(F)F. The minimum Gasteiger partial charge on any atom is -0.337 e. The molecule has 0 bridgehead atoms. The van der Waals surface area contributed by atoms with Crippen LogP contribution in [0.15, 0.2) is 36.4 Å². The molecule has 0 fully saturated rings. The van der Waals surface area contributed by atoms with Crippen LogP contribution in [-0.4, -0.2) is 41.4 Å². The highest BCUT2D eigenvalue weighted by Crippen LogP contribution is 2.34. The van der Waals surface area contributed by atoms with Crippen LogP contribution in [0.25, 0.3) is 10.8 Å². The molecule has 25 heavy (non-hydrogen) atoms. The maximum Gasteiger partial charge on any atom is 0.471 e. The van der Waals surface area contributed by atoms with Gasteiger partial charge in [0, 0.05) is 31.5 Å². The van der Waals surface area contributed by atoms with Gasteiger partial charge in [-0.1, -0.05) is 30.3 Å².